The molecular formula is C13H28N2O. The van der Waals surface area contributed by atoms with Crippen LogP contribution in [-0.4, -0.2) is 49.3 Å². The van der Waals surface area contributed by atoms with Crippen LogP contribution in [0, 0.1) is 0 Å². The molecule has 1 rings (SSSR count). The molecule has 1 atom stereocenters. The van der Waals surface area contributed by atoms with Crippen LogP contribution in [-0.2, 0) is 4.74 Å². The number of nitrogens with zero attached hydrogens (tertiary/aromatic N) is 1. The Morgan fingerprint density at radius 1 is 1.38 bits per heavy atom. The Hall–Kier alpha value is -0.120. The lowest BCUT2D eigenvalue weighted by molar-refractivity contribution is -0.128. The van der Waals surface area contributed by atoms with Crippen LogP contribution in [0.15, 0.2) is 0 Å². The zero-order valence-electron chi connectivity index (χ0n) is 11.4. The highest BCUT2D eigenvalue weighted by molar-refractivity contribution is 4.82. The summed E-state index contributed by atoms with van der Waals surface area (Å²) in [6.45, 7) is 14.3. The summed E-state index contributed by atoms with van der Waals surface area (Å²) in [6, 6.07) is 0. The number of nitrogens with one attached hydrogen (secondary N) is 1. The zero-order chi connectivity index (χ0) is 12.0. The monoisotopic (exact) mass is 228 g/mol. The molecule has 1 N–H and O–H groups in total. The van der Waals surface area contributed by atoms with Gasteiger partial charge in [-0.1, -0.05) is 6.92 Å². The first kappa shape index (κ1) is 13.9. The zero-order valence-corrected chi connectivity index (χ0v) is 11.4. The fourth-order valence-electron chi connectivity index (χ4n) is 2.52. The lowest BCUT2D eigenvalue weighted by atomic mass is 10.1. The predicted molar refractivity (Wildman–Crippen MR) is 68.8 cm³/mol. The van der Waals surface area contributed by atoms with Crippen molar-refractivity contribution in [2.24, 2.45) is 0 Å². The molecule has 0 radical (unpaired) electrons. The summed E-state index contributed by atoms with van der Waals surface area (Å²) in [7, 11) is 0. The highest BCUT2D eigenvalue weighted by Gasteiger charge is 2.30. The summed E-state index contributed by atoms with van der Waals surface area (Å²) in [5, 5.41) is 3.37. The highest BCUT2D eigenvalue weighted by Crippen LogP contribution is 2.20. The van der Waals surface area contributed by atoms with E-state index in [1.165, 1.54) is 19.4 Å². The van der Waals surface area contributed by atoms with E-state index < -0.39 is 0 Å². The second-order valence-electron chi connectivity index (χ2n) is 5.48. The molecule has 3 heteroatoms. The van der Waals surface area contributed by atoms with Crippen LogP contribution >= 0.6 is 0 Å². The average Bonchev–Trinajstić information content (AvgIpc) is 2.14. The van der Waals surface area contributed by atoms with Crippen molar-refractivity contribution in [3.05, 3.63) is 0 Å². The van der Waals surface area contributed by atoms with Crippen LogP contribution in [0.1, 0.15) is 40.5 Å². The van der Waals surface area contributed by atoms with Crippen molar-refractivity contribution < 1.29 is 4.74 Å². The van der Waals surface area contributed by atoms with Gasteiger partial charge in [0, 0.05) is 13.1 Å². The van der Waals surface area contributed by atoms with Crippen molar-refractivity contribution in [2.75, 3.05) is 32.7 Å². The van der Waals surface area contributed by atoms with Crippen molar-refractivity contribution in [3.8, 4) is 0 Å². The summed E-state index contributed by atoms with van der Waals surface area (Å²) >= 11 is 0. The van der Waals surface area contributed by atoms with Gasteiger partial charge in [-0.3, -0.25) is 4.90 Å². The molecule has 3 nitrogen and oxygen atoms in total. The summed E-state index contributed by atoms with van der Waals surface area (Å²) in [6.07, 6.45) is 2.94. The summed E-state index contributed by atoms with van der Waals surface area (Å²) < 4.78 is 5.89. The van der Waals surface area contributed by atoms with Crippen LogP contribution in [0.4, 0.5) is 0 Å². The van der Waals surface area contributed by atoms with E-state index >= 15 is 0 Å². The first-order valence-corrected chi connectivity index (χ1v) is 6.64. The van der Waals surface area contributed by atoms with E-state index in [0.29, 0.717) is 6.10 Å². The van der Waals surface area contributed by atoms with Gasteiger partial charge in [-0.2, -0.15) is 0 Å². The Kier molecular flexibility index (Phi) is 5.73. The van der Waals surface area contributed by atoms with Crippen LogP contribution in [0.5, 0.6) is 0 Å². The maximum atomic E-state index is 5.89. The van der Waals surface area contributed by atoms with Gasteiger partial charge >= 0.3 is 0 Å². The second kappa shape index (κ2) is 6.58. The SMILES string of the molecule is CCNCCCCN1CC(C)OC(C)(C)C1. The molecule has 0 aliphatic carbocycles. The summed E-state index contributed by atoms with van der Waals surface area (Å²) in [5.74, 6) is 0. The number of rotatable bonds is 6. The molecule has 96 valence electrons. The van der Waals surface area contributed by atoms with Crippen molar-refractivity contribution in [1.82, 2.24) is 10.2 Å². The molecule has 0 aromatic rings. The van der Waals surface area contributed by atoms with Gasteiger partial charge < -0.3 is 10.1 Å². The van der Waals surface area contributed by atoms with Crippen LogP contribution in [0.25, 0.3) is 0 Å². The summed E-state index contributed by atoms with van der Waals surface area (Å²) in [4.78, 5) is 2.54. The molecule has 1 heterocycles. The molecule has 0 saturated carbocycles. The van der Waals surface area contributed by atoms with Crippen molar-refractivity contribution in [3.63, 3.8) is 0 Å². The molecule has 1 saturated heterocycles. The largest absolute Gasteiger partial charge is 0.370 e. The quantitative estimate of drug-likeness (QED) is 0.703. The van der Waals surface area contributed by atoms with Crippen molar-refractivity contribution >= 4 is 0 Å². The first-order valence-electron chi connectivity index (χ1n) is 6.64. The van der Waals surface area contributed by atoms with E-state index in [1.54, 1.807) is 0 Å². The molecular weight excluding hydrogens is 200 g/mol. The normalized spacial score (nSPS) is 25.9. The van der Waals surface area contributed by atoms with Gasteiger partial charge in [0.2, 0.25) is 0 Å². The molecule has 1 aliphatic heterocycles. The lowest BCUT2D eigenvalue weighted by Gasteiger charge is -2.41. The Balaban J connectivity index is 2.16. The standard InChI is InChI=1S/C13H28N2O/c1-5-14-8-6-7-9-15-10-12(2)16-13(3,4)11-15/h12,14H,5-11H2,1-4H3. The molecule has 1 fully saturated rings. The van der Waals surface area contributed by atoms with Gasteiger partial charge in [-0.15, -0.1) is 0 Å². The lowest BCUT2D eigenvalue weighted by Crippen LogP contribution is -2.51. The van der Waals surface area contributed by atoms with Gasteiger partial charge in [-0.05, 0) is 53.2 Å². The number of hydrogen-bond donors (Lipinski definition) is 1. The van der Waals surface area contributed by atoms with Gasteiger partial charge in [0.15, 0.2) is 0 Å². The van der Waals surface area contributed by atoms with Gasteiger partial charge in [0.05, 0.1) is 11.7 Å². The number of unbranched alkanes of at least 4 members (excludes halogenated alkanes) is 1. The maximum Gasteiger partial charge on any atom is 0.0757 e. The minimum absolute atomic E-state index is 0.0271. The van der Waals surface area contributed by atoms with E-state index in [-0.39, 0.29) is 5.60 Å². The molecule has 0 amide bonds. The molecule has 16 heavy (non-hydrogen) atoms. The molecule has 0 spiro atoms. The summed E-state index contributed by atoms with van der Waals surface area (Å²) in [5.41, 5.74) is 0.0271. The molecule has 0 aromatic heterocycles. The van der Waals surface area contributed by atoms with E-state index in [4.69, 9.17) is 4.74 Å². The molecule has 1 aliphatic rings. The predicted octanol–water partition coefficient (Wildman–Crippen LogP) is 1.88. The minimum Gasteiger partial charge on any atom is -0.370 e. The maximum absolute atomic E-state index is 5.89. The average molecular weight is 228 g/mol. The van der Waals surface area contributed by atoms with Crippen molar-refractivity contribution in [2.45, 2.75) is 52.2 Å². The second-order valence-corrected chi connectivity index (χ2v) is 5.48. The smallest absolute Gasteiger partial charge is 0.0757 e. The molecule has 1 unspecified atom stereocenters. The van der Waals surface area contributed by atoms with Crippen LogP contribution in [0.3, 0.4) is 0 Å². The van der Waals surface area contributed by atoms with Gasteiger partial charge in [-0.25, -0.2) is 0 Å². The Morgan fingerprint density at radius 3 is 2.75 bits per heavy atom. The van der Waals surface area contributed by atoms with Gasteiger partial charge in [0.25, 0.3) is 0 Å². The fraction of sp³-hybridized carbons (Fsp3) is 1.00. The third kappa shape index (κ3) is 5.28. The van der Waals surface area contributed by atoms with E-state index in [0.717, 1.165) is 26.2 Å². The third-order valence-corrected chi connectivity index (χ3v) is 2.97. The molecule has 0 aromatic carbocycles. The third-order valence-electron chi connectivity index (χ3n) is 2.97. The van der Waals surface area contributed by atoms with Crippen molar-refractivity contribution in [1.29, 1.82) is 0 Å². The highest BCUT2D eigenvalue weighted by atomic mass is 16.5. The number of hydrogen-bond acceptors (Lipinski definition) is 3. The van der Waals surface area contributed by atoms with E-state index in [9.17, 15) is 0 Å². The van der Waals surface area contributed by atoms with Crippen LogP contribution < -0.4 is 5.32 Å². The number of morpholine rings is 1. The first-order chi connectivity index (χ1) is 7.53. The molecule has 0 bridgehead atoms. The Labute approximate surface area is 101 Å². The Morgan fingerprint density at radius 2 is 2.12 bits per heavy atom. The Bertz CT molecular complexity index is 194. The minimum atomic E-state index is 0.0271. The fourth-order valence-corrected chi connectivity index (χ4v) is 2.52. The van der Waals surface area contributed by atoms with Crippen LogP contribution in [0.2, 0.25) is 0 Å². The number of ether oxygens (including phenoxy) is 1. The van der Waals surface area contributed by atoms with E-state index in [1.807, 2.05) is 0 Å². The topological polar surface area (TPSA) is 24.5 Å². The van der Waals surface area contributed by atoms with E-state index in [2.05, 4.69) is 37.9 Å². The van der Waals surface area contributed by atoms with Gasteiger partial charge in [0.1, 0.15) is 0 Å².